The van der Waals surface area contributed by atoms with Crippen molar-refractivity contribution in [3.63, 3.8) is 0 Å². The van der Waals surface area contributed by atoms with Crippen LogP contribution in [0, 0.1) is 6.92 Å². The van der Waals surface area contributed by atoms with Crippen LogP contribution >= 0.6 is 11.6 Å². The summed E-state index contributed by atoms with van der Waals surface area (Å²) in [5.74, 6) is -0.335. The minimum absolute atomic E-state index is 0.0402. The molecule has 1 aliphatic heterocycles. The lowest BCUT2D eigenvalue weighted by Gasteiger charge is -2.38. The van der Waals surface area contributed by atoms with Crippen LogP contribution in [-0.2, 0) is 17.5 Å². The van der Waals surface area contributed by atoms with Gasteiger partial charge in [-0.3, -0.25) is 4.79 Å². The maximum absolute atomic E-state index is 14.4. The van der Waals surface area contributed by atoms with Gasteiger partial charge in [0.2, 0.25) is 0 Å². The zero-order chi connectivity index (χ0) is 24.7. The number of aromatic nitrogens is 3. The minimum Gasteiger partial charge on any atom is -0.372 e. The van der Waals surface area contributed by atoms with Crippen LogP contribution in [-0.4, -0.2) is 50.6 Å². The van der Waals surface area contributed by atoms with Crippen molar-refractivity contribution >= 4 is 17.5 Å². The second-order valence-electron chi connectivity index (χ2n) is 8.79. The average molecular weight is 493 g/mol. The third-order valence-corrected chi connectivity index (χ3v) is 5.99. The van der Waals surface area contributed by atoms with Gasteiger partial charge in [0.1, 0.15) is 17.2 Å². The van der Waals surface area contributed by atoms with Gasteiger partial charge in [0.05, 0.1) is 18.8 Å². The Morgan fingerprint density at radius 1 is 1.18 bits per heavy atom. The first-order valence-electron chi connectivity index (χ1n) is 10.7. The number of benzene rings is 1. The maximum Gasteiger partial charge on any atom is 0.431 e. The summed E-state index contributed by atoms with van der Waals surface area (Å²) < 4.78 is 49.9. The molecule has 3 aromatic rings. The summed E-state index contributed by atoms with van der Waals surface area (Å²) in [6, 6.07) is 8.00. The highest BCUT2D eigenvalue weighted by atomic mass is 35.5. The number of carbonyl (C=O) groups is 1. The van der Waals surface area contributed by atoms with E-state index in [9.17, 15) is 18.0 Å². The molecule has 2 aromatic heterocycles. The van der Waals surface area contributed by atoms with E-state index >= 15 is 0 Å². The van der Waals surface area contributed by atoms with E-state index in [1.54, 1.807) is 35.2 Å². The van der Waals surface area contributed by atoms with Crippen molar-refractivity contribution in [2.45, 2.75) is 39.1 Å². The van der Waals surface area contributed by atoms with Gasteiger partial charge in [-0.25, -0.2) is 9.97 Å². The summed E-state index contributed by atoms with van der Waals surface area (Å²) in [5, 5.41) is 0.442. The number of hydrogen-bond donors (Lipinski definition) is 0. The Balaban J connectivity index is 1.97. The fraction of sp³-hybridized carbons (Fsp3) is 0.375. The van der Waals surface area contributed by atoms with Crippen molar-refractivity contribution in [2.24, 2.45) is 0 Å². The third kappa shape index (κ3) is 4.81. The number of alkyl halides is 3. The molecule has 0 aliphatic carbocycles. The monoisotopic (exact) mass is 492 g/mol. The van der Waals surface area contributed by atoms with E-state index in [1.807, 2.05) is 13.8 Å². The van der Waals surface area contributed by atoms with Gasteiger partial charge in [0.15, 0.2) is 0 Å². The first-order valence-corrected chi connectivity index (χ1v) is 11.1. The Kier molecular flexibility index (Phi) is 6.44. The van der Waals surface area contributed by atoms with Crippen molar-refractivity contribution in [3.05, 3.63) is 70.5 Å². The first-order chi connectivity index (χ1) is 16.0. The highest BCUT2D eigenvalue weighted by molar-refractivity contribution is 6.30. The van der Waals surface area contributed by atoms with Crippen molar-refractivity contribution in [3.8, 4) is 11.1 Å². The van der Waals surface area contributed by atoms with E-state index in [4.69, 9.17) is 16.3 Å². The van der Waals surface area contributed by atoms with E-state index in [2.05, 4.69) is 9.97 Å². The normalized spacial score (nSPS) is 16.0. The number of amides is 1. The predicted molar refractivity (Wildman–Crippen MR) is 122 cm³/mol. The Hall–Kier alpha value is -2.91. The molecule has 10 heteroatoms. The first kappa shape index (κ1) is 24.2. The molecule has 1 aliphatic rings. The zero-order valence-corrected chi connectivity index (χ0v) is 19.7. The van der Waals surface area contributed by atoms with Gasteiger partial charge in [0.25, 0.3) is 5.91 Å². The summed E-state index contributed by atoms with van der Waals surface area (Å²) in [5.41, 5.74) is -0.930. The van der Waals surface area contributed by atoms with Gasteiger partial charge in [-0.05, 0) is 50.1 Å². The number of carbonyl (C=O) groups excluding carboxylic acids is 1. The molecule has 0 atom stereocenters. The number of halogens is 4. The molecule has 1 aromatic carbocycles. The highest BCUT2D eigenvalue weighted by Crippen LogP contribution is 2.42. The maximum atomic E-state index is 14.4. The number of nitrogens with zero attached hydrogens (tertiary/aromatic N) is 4. The van der Waals surface area contributed by atoms with Gasteiger partial charge >= 0.3 is 6.18 Å². The van der Waals surface area contributed by atoms with Gasteiger partial charge in [0, 0.05) is 36.1 Å². The van der Waals surface area contributed by atoms with Crippen LogP contribution in [0.15, 0.2) is 42.7 Å². The van der Waals surface area contributed by atoms with E-state index in [0.29, 0.717) is 17.2 Å². The Labute approximate surface area is 200 Å². The average Bonchev–Trinajstić information content (AvgIpc) is 3.05. The molecular formula is C24H24ClF3N4O2. The molecule has 3 heterocycles. The summed E-state index contributed by atoms with van der Waals surface area (Å²) in [6.45, 7) is 5.58. The second kappa shape index (κ2) is 9.03. The predicted octanol–water partition coefficient (Wildman–Crippen LogP) is 5.23. The lowest BCUT2D eigenvalue weighted by molar-refractivity contribution is -0.143. The number of rotatable bonds is 4. The van der Waals surface area contributed by atoms with Crippen molar-refractivity contribution in [2.75, 3.05) is 19.7 Å². The van der Waals surface area contributed by atoms with Crippen molar-refractivity contribution in [1.82, 2.24) is 19.4 Å². The van der Waals surface area contributed by atoms with Crippen LogP contribution in [0.5, 0.6) is 0 Å². The molecule has 0 spiro atoms. The fourth-order valence-electron chi connectivity index (χ4n) is 4.35. The molecule has 0 saturated carbocycles. The standard InChI is InChI=1S/C24H24ClF3N4O2/c1-15-19(16-5-7-17(25)8-6-16)20(22(33)31-11-12-34-23(2,3)14-31)32(21(15)24(26,27)28)13-18-29-9-4-10-30-18/h4-10H,11-14H2,1-3H3. The van der Waals surface area contributed by atoms with Crippen LogP contribution in [0.25, 0.3) is 11.1 Å². The molecule has 34 heavy (non-hydrogen) atoms. The zero-order valence-electron chi connectivity index (χ0n) is 19.0. The van der Waals surface area contributed by atoms with Crippen LogP contribution < -0.4 is 0 Å². The van der Waals surface area contributed by atoms with E-state index < -0.39 is 23.4 Å². The largest absolute Gasteiger partial charge is 0.431 e. The third-order valence-electron chi connectivity index (χ3n) is 5.74. The second-order valence-corrected chi connectivity index (χ2v) is 9.22. The Morgan fingerprint density at radius 3 is 2.41 bits per heavy atom. The summed E-state index contributed by atoms with van der Waals surface area (Å²) in [6.07, 6.45) is -1.79. The molecule has 0 radical (unpaired) electrons. The van der Waals surface area contributed by atoms with Gasteiger partial charge in [-0.2, -0.15) is 13.2 Å². The number of hydrogen-bond acceptors (Lipinski definition) is 4. The molecule has 4 rings (SSSR count). The fourth-order valence-corrected chi connectivity index (χ4v) is 4.48. The quantitative estimate of drug-likeness (QED) is 0.500. The van der Waals surface area contributed by atoms with Gasteiger partial charge in [-0.15, -0.1) is 0 Å². The molecule has 180 valence electrons. The van der Waals surface area contributed by atoms with Gasteiger partial charge < -0.3 is 14.2 Å². The van der Waals surface area contributed by atoms with Crippen LogP contribution in [0.3, 0.4) is 0 Å². The minimum atomic E-state index is -4.71. The molecule has 1 saturated heterocycles. The van der Waals surface area contributed by atoms with Crippen LogP contribution in [0.4, 0.5) is 13.2 Å². The smallest absolute Gasteiger partial charge is 0.372 e. The molecule has 6 nitrogen and oxygen atoms in total. The molecule has 0 unspecified atom stereocenters. The molecule has 0 bridgehead atoms. The lowest BCUT2D eigenvalue weighted by atomic mass is 9.99. The van der Waals surface area contributed by atoms with E-state index in [0.717, 1.165) is 4.57 Å². The molecule has 0 N–H and O–H groups in total. The number of morpholine rings is 1. The van der Waals surface area contributed by atoms with Crippen LogP contribution in [0.2, 0.25) is 5.02 Å². The summed E-state index contributed by atoms with van der Waals surface area (Å²) in [4.78, 5) is 23.6. The lowest BCUT2D eigenvalue weighted by Crippen LogP contribution is -2.51. The SMILES string of the molecule is Cc1c(-c2ccc(Cl)cc2)c(C(=O)N2CCOC(C)(C)C2)n(Cc2ncccn2)c1C(F)(F)F. The Bertz CT molecular complexity index is 1190. The van der Waals surface area contributed by atoms with E-state index in [-0.39, 0.29) is 42.3 Å². The van der Waals surface area contributed by atoms with E-state index in [1.165, 1.54) is 19.3 Å². The van der Waals surface area contributed by atoms with Gasteiger partial charge in [-0.1, -0.05) is 23.7 Å². The summed E-state index contributed by atoms with van der Waals surface area (Å²) in [7, 11) is 0. The Morgan fingerprint density at radius 2 is 1.82 bits per heavy atom. The van der Waals surface area contributed by atoms with Crippen molar-refractivity contribution in [1.29, 1.82) is 0 Å². The molecular weight excluding hydrogens is 469 g/mol. The highest BCUT2D eigenvalue weighted by Gasteiger charge is 2.42. The molecule has 1 fully saturated rings. The van der Waals surface area contributed by atoms with Crippen LogP contribution in [0.1, 0.15) is 41.4 Å². The van der Waals surface area contributed by atoms with Crippen molar-refractivity contribution < 1.29 is 22.7 Å². The summed E-state index contributed by atoms with van der Waals surface area (Å²) >= 11 is 6.02. The topological polar surface area (TPSA) is 60.2 Å². The molecule has 1 amide bonds. The number of ether oxygens (including phenoxy) is 1.